The highest BCUT2D eigenvalue weighted by Gasteiger charge is 2.22. The molecule has 47 heavy (non-hydrogen) atoms. The van der Waals surface area contributed by atoms with Gasteiger partial charge in [-0.2, -0.15) is 5.10 Å². The number of ether oxygens (including phenoxy) is 2. The minimum absolute atomic E-state index is 0.0147. The van der Waals surface area contributed by atoms with Crippen LogP contribution in [0.1, 0.15) is 38.8 Å². The molecule has 0 saturated carbocycles. The van der Waals surface area contributed by atoms with E-state index in [-0.39, 0.29) is 23.7 Å². The zero-order valence-electron chi connectivity index (χ0n) is 25.7. The lowest BCUT2D eigenvalue weighted by Gasteiger charge is -2.11. The smallest absolute Gasteiger partial charge is 0.312 e. The van der Waals surface area contributed by atoms with Crippen molar-refractivity contribution in [1.82, 2.24) is 9.99 Å². The van der Waals surface area contributed by atoms with Crippen LogP contribution in [-0.4, -0.2) is 34.1 Å². The van der Waals surface area contributed by atoms with Crippen molar-refractivity contribution < 1.29 is 28.4 Å². The predicted octanol–water partition coefficient (Wildman–Crippen LogP) is 7.03. The Balaban J connectivity index is 1.19. The largest absolute Gasteiger partial charge is 0.486 e. The number of nitro benzene ring substituents is 1. The summed E-state index contributed by atoms with van der Waals surface area (Å²) in [5.74, 6) is -0.323. The first-order valence-electron chi connectivity index (χ1n) is 14.3. The summed E-state index contributed by atoms with van der Waals surface area (Å²) in [4.78, 5) is 36.3. The molecule has 0 radical (unpaired) electrons. The van der Waals surface area contributed by atoms with Gasteiger partial charge in [-0.05, 0) is 87.5 Å². The Kier molecular flexibility index (Phi) is 10.2. The van der Waals surface area contributed by atoms with E-state index in [9.17, 15) is 19.7 Å². The summed E-state index contributed by atoms with van der Waals surface area (Å²) in [6, 6.07) is 24.8. The van der Waals surface area contributed by atoms with Gasteiger partial charge in [0.25, 0.3) is 5.91 Å². The number of hydrogen-bond acceptors (Lipinski definition) is 8. The molecule has 2 N–H and O–H groups in total. The van der Waals surface area contributed by atoms with Crippen LogP contribution in [0.5, 0.6) is 11.5 Å². The van der Waals surface area contributed by atoms with Gasteiger partial charge in [-0.3, -0.25) is 19.7 Å². The third-order valence-electron chi connectivity index (χ3n) is 6.94. The first-order valence-corrected chi connectivity index (χ1v) is 15.1. The molecule has 0 aliphatic rings. The second kappa shape index (κ2) is 14.6. The maximum atomic E-state index is 12.7. The lowest BCUT2D eigenvalue weighted by molar-refractivity contribution is -0.385. The molecule has 5 rings (SSSR count). The number of furan rings is 1. The van der Waals surface area contributed by atoms with Crippen molar-refractivity contribution in [3.8, 4) is 17.2 Å². The normalized spacial score (nSPS) is 11.0. The van der Waals surface area contributed by atoms with Crippen molar-refractivity contribution in [1.29, 1.82) is 0 Å². The number of aromatic nitrogens is 1. The van der Waals surface area contributed by atoms with Crippen molar-refractivity contribution in [2.24, 2.45) is 5.10 Å². The summed E-state index contributed by atoms with van der Waals surface area (Å²) in [5, 5.41) is 18.4. The summed E-state index contributed by atoms with van der Waals surface area (Å²) in [7, 11) is 0. The summed E-state index contributed by atoms with van der Waals surface area (Å²) in [6.45, 7) is 5.60. The number of nitrogens with zero attached hydrogens (tertiary/aromatic N) is 3. The van der Waals surface area contributed by atoms with Gasteiger partial charge in [0.2, 0.25) is 5.75 Å². The van der Waals surface area contributed by atoms with Crippen LogP contribution >= 0.6 is 15.9 Å². The molecule has 0 atom stereocenters. The highest BCUT2D eigenvalue weighted by atomic mass is 79.9. The van der Waals surface area contributed by atoms with Gasteiger partial charge in [0, 0.05) is 38.9 Å². The zero-order chi connectivity index (χ0) is 33.5. The number of hydrogen-bond donors (Lipinski definition) is 2. The van der Waals surface area contributed by atoms with Gasteiger partial charge in [0.1, 0.15) is 18.1 Å². The third-order valence-corrected chi connectivity index (χ3v) is 7.40. The third kappa shape index (κ3) is 8.32. The van der Waals surface area contributed by atoms with E-state index in [1.165, 1.54) is 24.4 Å². The van der Waals surface area contributed by atoms with E-state index in [0.717, 1.165) is 22.6 Å². The molecule has 0 bridgehead atoms. The fraction of sp³-hybridized carbons (Fsp3) is 0.147. The van der Waals surface area contributed by atoms with Crippen LogP contribution in [-0.2, 0) is 11.4 Å². The standard InChI is InChI=1S/C34H30BrN5O7/c1-21-4-8-26(9-5-21)37-32(41)20-46-33-24(16-25(35)17-30(33)40(43)44)18-36-38-34(42)31-15-14-29(47-31)19-45-28-12-10-27(11-13-28)39-22(2)6-7-23(39)3/h4-18H,19-20H2,1-3H3,(H,37,41)(H,38,42)/b36-18+. The van der Waals surface area contributed by atoms with Crippen LogP contribution in [0, 0.1) is 30.9 Å². The quantitative estimate of drug-likeness (QED) is 0.0806. The molecule has 2 heterocycles. The molecule has 0 aliphatic heterocycles. The number of nitro groups is 1. The number of halogens is 1. The minimum atomic E-state index is -0.654. The molecule has 13 heteroatoms. The molecule has 2 amide bonds. The number of rotatable bonds is 12. The summed E-state index contributed by atoms with van der Waals surface area (Å²) < 4.78 is 19.5. The molecule has 0 unspecified atom stereocenters. The molecule has 240 valence electrons. The predicted molar refractivity (Wildman–Crippen MR) is 179 cm³/mol. The highest BCUT2D eigenvalue weighted by Crippen LogP contribution is 2.34. The van der Waals surface area contributed by atoms with Crippen LogP contribution in [0.25, 0.3) is 5.69 Å². The molecule has 3 aromatic carbocycles. The summed E-state index contributed by atoms with van der Waals surface area (Å²) in [6.07, 6.45) is 1.18. The number of hydrazone groups is 1. The lowest BCUT2D eigenvalue weighted by atomic mass is 10.2. The van der Waals surface area contributed by atoms with E-state index in [2.05, 4.69) is 48.5 Å². The second-order valence-electron chi connectivity index (χ2n) is 10.5. The van der Waals surface area contributed by atoms with E-state index in [0.29, 0.717) is 21.7 Å². The van der Waals surface area contributed by atoms with Crippen molar-refractivity contribution in [2.45, 2.75) is 27.4 Å². The van der Waals surface area contributed by atoms with Crippen LogP contribution < -0.4 is 20.2 Å². The summed E-state index contributed by atoms with van der Waals surface area (Å²) >= 11 is 3.24. The average molecular weight is 701 g/mol. The van der Waals surface area contributed by atoms with E-state index < -0.39 is 29.0 Å². The van der Waals surface area contributed by atoms with Crippen molar-refractivity contribution >= 4 is 45.3 Å². The number of carbonyl (C=O) groups is 2. The number of carbonyl (C=O) groups excluding carboxylic acids is 2. The van der Waals surface area contributed by atoms with Gasteiger partial charge in [-0.15, -0.1) is 0 Å². The van der Waals surface area contributed by atoms with Crippen molar-refractivity contribution in [3.05, 3.63) is 134 Å². The summed E-state index contributed by atoms with van der Waals surface area (Å²) in [5.41, 5.74) is 6.96. The van der Waals surface area contributed by atoms with E-state index in [1.807, 2.05) is 57.2 Å². The molecule has 0 aliphatic carbocycles. The molecule has 12 nitrogen and oxygen atoms in total. The first kappa shape index (κ1) is 32.7. The van der Waals surface area contributed by atoms with E-state index in [1.54, 1.807) is 18.2 Å². The Bertz CT molecular complexity index is 1930. The Morgan fingerprint density at radius 3 is 2.34 bits per heavy atom. The molecule has 0 fully saturated rings. The van der Waals surface area contributed by atoms with Crippen molar-refractivity contribution in [3.63, 3.8) is 0 Å². The molecule has 2 aromatic heterocycles. The monoisotopic (exact) mass is 699 g/mol. The Labute approximate surface area is 278 Å². The topological polar surface area (TPSA) is 150 Å². The van der Waals surface area contributed by atoms with Crippen LogP contribution in [0.15, 0.2) is 98.9 Å². The van der Waals surface area contributed by atoms with E-state index in [4.69, 9.17) is 13.9 Å². The van der Waals surface area contributed by atoms with Crippen LogP contribution in [0.2, 0.25) is 0 Å². The highest BCUT2D eigenvalue weighted by molar-refractivity contribution is 9.10. The fourth-order valence-corrected chi connectivity index (χ4v) is 5.14. The SMILES string of the molecule is Cc1ccc(NC(=O)COc2c(/C=N/NC(=O)c3ccc(COc4ccc(-n5c(C)ccc5C)cc4)o3)cc(Br)cc2[N+](=O)[O-])cc1. The van der Waals surface area contributed by atoms with Gasteiger partial charge in [-0.25, -0.2) is 5.43 Å². The first-order chi connectivity index (χ1) is 22.6. The zero-order valence-corrected chi connectivity index (χ0v) is 27.2. The van der Waals surface area contributed by atoms with Gasteiger partial charge in [-0.1, -0.05) is 33.6 Å². The van der Waals surface area contributed by atoms with Gasteiger partial charge in [0.05, 0.1) is 11.1 Å². The maximum Gasteiger partial charge on any atom is 0.312 e. The number of benzene rings is 3. The Morgan fingerprint density at radius 2 is 1.66 bits per heavy atom. The van der Waals surface area contributed by atoms with Crippen LogP contribution in [0.4, 0.5) is 11.4 Å². The second-order valence-corrected chi connectivity index (χ2v) is 11.4. The minimum Gasteiger partial charge on any atom is -0.486 e. The fourth-order valence-electron chi connectivity index (χ4n) is 4.67. The van der Waals surface area contributed by atoms with Gasteiger partial charge < -0.3 is 23.8 Å². The van der Waals surface area contributed by atoms with Gasteiger partial charge >= 0.3 is 11.6 Å². The molecule has 5 aromatic rings. The number of amides is 2. The molecular formula is C34H30BrN5O7. The van der Waals surface area contributed by atoms with Gasteiger partial charge in [0.15, 0.2) is 12.4 Å². The number of aryl methyl sites for hydroxylation is 3. The maximum absolute atomic E-state index is 12.7. The lowest BCUT2D eigenvalue weighted by Crippen LogP contribution is -2.21. The molecule has 0 spiro atoms. The number of nitrogens with one attached hydrogen (secondary N) is 2. The Morgan fingerprint density at radius 1 is 0.957 bits per heavy atom. The van der Waals surface area contributed by atoms with Crippen molar-refractivity contribution in [2.75, 3.05) is 11.9 Å². The average Bonchev–Trinajstić information content (AvgIpc) is 3.66. The number of anilines is 1. The molecular weight excluding hydrogens is 670 g/mol. The molecule has 0 saturated heterocycles. The van der Waals surface area contributed by atoms with Crippen LogP contribution in [0.3, 0.4) is 0 Å². The van der Waals surface area contributed by atoms with E-state index >= 15 is 0 Å². The Hall–Kier alpha value is -5.69.